The molecule has 0 aliphatic rings. The number of hydrogen-bond acceptors (Lipinski definition) is 2. The van der Waals surface area contributed by atoms with E-state index in [0.29, 0.717) is 10.5 Å². The Hall–Kier alpha value is -0.597. The first kappa shape index (κ1) is 19.1. The second-order valence-electron chi connectivity index (χ2n) is 2.59. The molecule has 14 heavy (non-hydrogen) atoms. The van der Waals surface area contributed by atoms with E-state index < -0.39 is 11.9 Å². The van der Waals surface area contributed by atoms with Crippen molar-refractivity contribution in [3.8, 4) is 0 Å². The fraction of sp³-hybridized carbons (Fsp3) is 0.714. The van der Waals surface area contributed by atoms with E-state index in [9.17, 15) is 9.59 Å². The fourth-order valence-corrected chi connectivity index (χ4v) is 3.12. The van der Waals surface area contributed by atoms with Crippen molar-refractivity contribution in [3.63, 3.8) is 0 Å². The molecule has 0 amide bonds. The molecule has 0 heterocycles. The van der Waals surface area contributed by atoms with Crippen LogP contribution in [0.15, 0.2) is 0 Å². The van der Waals surface area contributed by atoms with Crippen molar-refractivity contribution in [2.75, 3.05) is 0 Å². The number of hydrogen-bond donors (Lipinski definition) is 2. The molecule has 0 fully saturated rings. The van der Waals surface area contributed by atoms with Gasteiger partial charge in [0.25, 0.3) is 0 Å². The van der Waals surface area contributed by atoms with Crippen LogP contribution in [0.2, 0.25) is 10.5 Å². The summed E-state index contributed by atoms with van der Waals surface area (Å²) < 4.78 is 0. The average molecular weight is 269 g/mol. The van der Waals surface area contributed by atoms with Gasteiger partial charge in [-0.05, 0) is 0 Å². The third kappa shape index (κ3) is 11.4. The molecule has 6 nitrogen and oxygen atoms in total. The summed E-state index contributed by atoms with van der Waals surface area (Å²) in [4.78, 5) is 20.4. The van der Waals surface area contributed by atoms with Crippen LogP contribution in [0.1, 0.15) is 13.3 Å². The molecule has 0 rings (SSSR count). The number of carboxylic acid groups (broad SMARTS) is 2. The number of carboxylic acids is 2. The van der Waals surface area contributed by atoms with E-state index in [1.54, 1.807) is 6.92 Å². The molecule has 2 radical (unpaired) electrons. The average Bonchev–Trinajstić information content (AvgIpc) is 1.97. The zero-order valence-electron chi connectivity index (χ0n) is 7.91. The van der Waals surface area contributed by atoms with Gasteiger partial charge >= 0.3 is 76.9 Å². The van der Waals surface area contributed by atoms with Gasteiger partial charge in [-0.3, -0.25) is 0 Å². The van der Waals surface area contributed by atoms with Gasteiger partial charge in [0.05, 0.1) is 0 Å². The molecule has 0 aliphatic heterocycles. The number of aliphatic carboxylic acids is 2. The molecule has 0 aromatic carbocycles. The minimum Gasteiger partial charge on any atom is -0.412 e. The molecule has 1 atom stereocenters. The van der Waals surface area contributed by atoms with Gasteiger partial charge in [-0.25, -0.2) is 0 Å². The zero-order valence-corrected chi connectivity index (χ0v) is 10.0. The minimum atomic E-state index is -0.790. The second kappa shape index (κ2) is 10.5. The summed E-state index contributed by atoms with van der Waals surface area (Å²) in [5.74, 6) is -1.88. The molecule has 0 aliphatic carbocycles. The van der Waals surface area contributed by atoms with Crippen LogP contribution in [0.3, 0.4) is 0 Å². The molecule has 0 bridgehead atoms. The van der Waals surface area contributed by atoms with Crippen LogP contribution in [0, 0.1) is 5.92 Å². The maximum Gasteiger partial charge on any atom is -0.412 e. The maximum absolute atomic E-state index is 10.3. The van der Waals surface area contributed by atoms with Crippen molar-refractivity contribution < 1.29 is 30.8 Å². The van der Waals surface area contributed by atoms with E-state index in [1.165, 1.54) is 0 Å². The van der Waals surface area contributed by atoms with Gasteiger partial charge in [-0.1, -0.05) is 0 Å². The van der Waals surface area contributed by atoms with Crippen LogP contribution in [0.5, 0.6) is 0 Å². The monoisotopic (exact) mass is 270 g/mol. The largest absolute Gasteiger partial charge is 0.412 e. The van der Waals surface area contributed by atoms with E-state index in [2.05, 4.69) is 0 Å². The molecule has 1 unspecified atom stereocenters. The van der Waals surface area contributed by atoms with Crippen LogP contribution in [0.25, 0.3) is 0 Å². The van der Waals surface area contributed by atoms with E-state index in [4.69, 9.17) is 10.2 Å². The van der Waals surface area contributed by atoms with Crippen molar-refractivity contribution in [1.29, 1.82) is 0 Å². The Morgan fingerprint density at radius 1 is 1.29 bits per heavy atom. The first-order chi connectivity index (χ1) is 5.54. The Balaban J connectivity index is -0.000000605. The summed E-state index contributed by atoms with van der Waals surface area (Å²) >= 11 is -0.368. The Bertz CT molecular complexity index is 172. The molecule has 0 saturated carbocycles. The van der Waals surface area contributed by atoms with E-state index in [0.717, 1.165) is 0 Å². The van der Waals surface area contributed by atoms with Crippen LogP contribution >= 0.6 is 0 Å². The molecular formula is C7H16GeO6. The van der Waals surface area contributed by atoms with Crippen molar-refractivity contribution in [2.45, 2.75) is 23.9 Å². The van der Waals surface area contributed by atoms with Crippen molar-refractivity contribution in [3.05, 3.63) is 0 Å². The van der Waals surface area contributed by atoms with Crippen molar-refractivity contribution in [1.82, 2.24) is 0 Å². The summed E-state index contributed by atoms with van der Waals surface area (Å²) in [6.45, 7) is 1.66. The second-order valence-corrected chi connectivity index (χ2v) is 5.54. The van der Waals surface area contributed by atoms with Gasteiger partial charge in [0.15, 0.2) is 0 Å². The predicted octanol–water partition coefficient (Wildman–Crippen LogP) is -0.927. The topological polar surface area (TPSA) is 138 Å². The quantitative estimate of drug-likeness (QED) is 0.475. The third-order valence-electron chi connectivity index (χ3n) is 1.39. The first-order valence-corrected chi connectivity index (χ1v) is 6.66. The Labute approximate surface area is 88.4 Å². The van der Waals surface area contributed by atoms with Crippen LogP contribution in [-0.2, 0) is 9.59 Å². The van der Waals surface area contributed by atoms with Gasteiger partial charge in [0.2, 0.25) is 0 Å². The molecule has 0 aromatic heterocycles. The first-order valence-electron chi connectivity index (χ1n) is 3.69. The predicted molar refractivity (Wildman–Crippen MR) is 51.6 cm³/mol. The summed E-state index contributed by atoms with van der Waals surface area (Å²) in [5.41, 5.74) is 0. The summed E-state index contributed by atoms with van der Waals surface area (Å²) in [7, 11) is 0. The standard InChI is InChI=1S/C7H12GeO4.2H2O/c1-5(7(11)12)4-8-3-2-6(9)10;;/h5H,2-4H2,1H3,(H,9,10)(H,11,12);2*1H2. The van der Waals surface area contributed by atoms with Crippen LogP contribution < -0.4 is 0 Å². The van der Waals surface area contributed by atoms with Crippen LogP contribution in [0.4, 0.5) is 0 Å². The smallest absolute Gasteiger partial charge is 0.412 e. The molecule has 0 spiro atoms. The molecule has 6 N–H and O–H groups in total. The zero-order chi connectivity index (χ0) is 9.56. The number of rotatable bonds is 6. The normalized spacial score (nSPS) is 10.6. The SMILES string of the molecule is CC([CH2][Ge][CH2]CC(=O)O)C(=O)O.O.O. The summed E-state index contributed by atoms with van der Waals surface area (Å²) in [6.07, 6.45) is 0.187. The molecular weight excluding hydrogens is 253 g/mol. The number of carbonyl (C=O) groups is 2. The maximum atomic E-state index is 10.3. The van der Waals surface area contributed by atoms with E-state index in [-0.39, 0.29) is 38.7 Å². The minimum absolute atomic E-state index is 0. The van der Waals surface area contributed by atoms with E-state index >= 15 is 0 Å². The molecule has 0 saturated heterocycles. The molecule has 0 aromatic rings. The van der Waals surface area contributed by atoms with Crippen molar-refractivity contribution >= 4 is 27.4 Å². The fourth-order valence-electron chi connectivity index (χ4n) is 0.601. The summed E-state index contributed by atoms with van der Waals surface area (Å²) in [5, 5.41) is 18.2. The Morgan fingerprint density at radius 3 is 2.14 bits per heavy atom. The van der Waals surface area contributed by atoms with Gasteiger partial charge in [-0.2, -0.15) is 0 Å². The van der Waals surface area contributed by atoms with Crippen LogP contribution in [-0.4, -0.2) is 48.5 Å². The van der Waals surface area contributed by atoms with E-state index in [1.807, 2.05) is 0 Å². The van der Waals surface area contributed by atoms with Crippen molar-refractivity contribution in [2.24, 2.45) is 5.92 Å². The van der Waals surface area contributed by atoms with Gasteiger partial charge < -0.3 is 11.0 Å². The Kier molecular flexibility index (Phi) is 14.3. The van der Waals surface area contributed by atoms with Gasteiger partial charge in [-0.15, -0.1) is 0 Å². The van der Waals surface area contributed by atoms with Gasteiger partial charge in [0.1, 0.15) is 0 Å². The van der Waals surface area contributed by atoms with Gasteiger partial charge in [0, 0.05) is 0 Å². The Morgan fingerprint density at radius 2 is 1.79 bits per heavy atom. The summed E-state index contributed by atoms with van der Waals surface area (Å²) in [6, 6.07) is 0. The molecule has 7 heteroatoms. The third-order valence-corrected chi connectivity index (χ3v) is 4.54. The molecule has 84 valence electrons.